The minimum Gasteiger partial charge on any atom is -0.497 e. The Morgan fingerprint density at radius 3 is 2.42 bits per heavy atom. The Morgan fingerprint density at radius 1 is 1.32 bits per heavy atom. The maximum absolute atomic E-state index is 11.4. The molecular weight excluding hydrogens is 246 g/mol. The fraction of sp³-hybridized carbons (Fsp3) is 0.154. The normalized spacial score (nSPS) is 10.3. The fourth-order valence-corrected chi connectivity index (χ4v) is 1.22. The molecule has 6 heteroatoms. The van der Waals surface area contributed by atoms with Gasteiger partial charge in [-0.15, -0.1) is 0 Å². The largest absolute Gasteiger partial charge is 0.497 e. The van der Waals surface area contributed by atoms with Gasteiger partial charge in [0.1, 0.15) is 17.4 Å². The first-order valence-electron chi connectivity index (χ1n) is 5.39. The van der Waals surface area contributed by atoms with Crippen LogP contribution < -0.4 is 15.4 Å². The van der Waals surface area contributed by atoms with Crippen molar-refractivity contribution in [3.05, 3.63) is 36.0 Å². The summed E-state index contributed by atoms with van der Waals surface area (Å²) >= 11 is 0. The smallest absolute Gasteiger partial charge is 0.269 e. The average Bonchev–Trinajstić information content (AvgIpc) is 2.39. The average molecular weight is 259 g/mol. The van der Waals surface area contributed by atoms with Gasteiger partial charge in [0, 0.05) is 18.8 Å². The molecule has 2 amide bonds. The van der Waals surface area contributed by atoms with Crippen molar-refractivity contribution in [2.75, 3.05) is 12.4 Å². The predicted molar refractivity (Wildman–Crippen MR) is 69.1 cm³/mol. The van der Waals surface area contributed by atoms with Crippen LogP contribution in [-0.2, 0) is 9.59 Å². The standard InChI is InChI=1S/C13H13N3O3/c1-9(17)16-13(18)10(7-14)8-15-11-3-5-12(19-2)6-4-11/h3-6,8,15H,1-2H3,(H,16,17,18). The van der Waals surface area contributed by atoms with Crippen LogP contribution in [0.2, 0.25) is 0 Å². The summed E-state index contributed by atoms with van der Waals surface area (Å²) in [6, 6.07) is 8.64. The zero-order valence-corrected chi connectivity index (χ0v) is 10.6. The molecule has 0 aliphatic heterocycles. The quantitative estimate of drug-likeness (QED) is 0.625. The molecule has 0 spiro atoms. The Morgan fingerprint density at radius 2 is 1.95 bits per heavy atom. The second-order valence-corrected chi connectivity index (χ2v) is 3.55. The molecule has 0 saturated heterocycles. The van der Waals surface area contributed by atoms with Gasteiger partial charge in [0.05, 0.1) is 7.11 Å². The van der Waals surface area contributed by atoms with Gasteiger partial charge in [-0.1, -0.05) is 0 Å². The number of anilines is 1. The first-order chi connectivity index (χ1) is 9.06. The Kier molecular flexibility index (Phi) is 5.11. The number of imide groups is 1. The van der Waals surface area contributed by atoms with Crippen molar-refractivity contribution in [2.45, 2.75) is 6.92 Å². The molecule has 6 nitrogen and oxygen atoms in total. The molecule has 0 bridgehead atoms. The molecule has 98 valence electrons. The Hall–Kier alpha value is -2.81. The summed E-state index contributed by atoms with van der Waals surface area (Å²) in [5, 5.41) is 13.6. The molecule has 0 aliphatic rings. The number of methoxy groups -OCH3 is 1. The minimum atomic E-state index is -0.740. The number of nitrogens with zero attached hydrogens (tertiary/aromatic N) is 1. The molecule has 0 atom stereocenters. The highest BCUT2D eigenvalue weighted by Gasteiger charge is 2.09. The summed E-state index contributed by atoms with van der Waals surface area (Å²) in [5.41, 5.74) is 0.496. The molecule has 0 saturated carbocycles. The van der Waals surface area contributed by atoms with E-state index >= 15 is 0 Å². The van der Waals surface area contributed by atoms with Crippen molar-refractivity contribution in [1.29, 1.82) is 5.26 Å². The second kappa shape index (κ2) is 6.81. The number of hydrogen-bond acceptors (Lipinski definition) is 5. The summed E-state index contributed by atoms with van der Waals surface area (Å²) < 4.78 is 5.00. The van der Waals surface area contributed by atoms with Crippen molar-refractivity contribution >= 4 is 17.5 Å². The number of carbonyl (C=O) groups is 2. The van der Waals surface area contributed by atoms with Gasteiger partial charge in [-0.3, -0.25) is 14.9 Å². The van der Waals surface area contributed by atoms with E-state index < -0.39 is 11.8 Å². The molecule has 2 N–H and O–H groups in total. The van der Waals surface area contributed by atoms with E-state index in [4.69, 9.17) is 10.00 Å². The number of nitrogens with one attached hydrogen (secondary N) is 2. The van der Waals surface area contributed by atoms with Crippen LogP contribution in [0.25, 0.3) is 0 Å². The zero-order valence-electron chi connectivity index (χ0n) is 10.6. The van der Waals surface area contributed by atoms with E-state index in [1.165, 1.54) is 13.1 Å². The van der Waals surface area contributed by atoms with Crippen molar-refractivity contribution in [3.8, 4) is 11.8 Å². The highest BCUT2D eigenvalue weighted by Crippen LogP contribution is 2.15. The van der Waals surface area contributed by atoms with Gasteiger partial charge in [0.2, 0.25) is 5.91 Å². The maximum Gasteiger partial charge on any atom is 0.269 e. The molecule has 19 heavy (non-hydrogen) atoms. The first-order valence-corrected chi connectivity index (χ1v) is 5.39. The lowest BCUT2D eigenvalue weighted by Crippen LogP contribution is -2.29. The summed E-state index contributed by atoms with van der Waals surface area (Å²) in [6.45, 7) is 1.20. The third kappa shape index (κ3) is 4.52. The molecule has 0 heterocycles. The van der Waals surface area contributed by atoms with E-state index in [2.05, 4.69) is 5.32 Å². The van der Waals surface area contributed by atoms with E-state index in [0.717, 1.165) is 0 Å². The number of hydrogen-bond donors (Lipinski definition) is 2. The molecule has 0 aliphatic carbocycles. The molecule has 0 unspecified atom stereocenters. The predicted octanol–water partition coefficient (Wildman–Crippen LogP) is 1.18. The molecule has 0 radical (unpaired) electrons. The van der Waals surface area contributed by atoms with Crippen LogP contribution in [0.4, 0.5) is 5.69 Å². The van der Waals surface area contributed by atoms with Crippen molar-refractivity contribution < 1.29 is 14.3 Å². The number of carbonyl (C=O) groups excluding carboxylic acids is 2. The van der Waals surface area contributed by atoms with E-state index in [-0.39, 0.29) is 5.57 Å². The number of ether oxygens (including phenoxy) is 1. The second-order valence-electron chi connectivity index (χ2n) is 3.55. The lowest BCUT2D eigenvalue weighted by atomic mass is 10.2. The van der Waals surface area contributed by atoms with Crippen LogP contribution in [0.3, 0.4) is 0 Å². The van der Waals surface area contributed by atoms with Crippen LogP contribution in [-0.4, -0.2) is 18.9 Å². The summed E-state index contributed by atoms with van der Waals surface area (Å²) in [6.07, 6.45) is 1.24. The van der Waals surface area contributed by atoms with Crippen molar-refractivity contribution in [1.82, 2.24) is 5.32 Å². The first kappa shape index (κ1) is 14.3. The highest BCUT2D eigenvalue weighted by atomic mass is 16.5. The number of nitriles is 1. The minimum absolute atomic E-state index is 0.189. The van der Waals surface area contributed by atoms with Crippen LogP contribution in [0.1, 0.15) is 6.92 Å². The fourth-order valence-electron chi connectivity index (χ4n) is 1.22. The molecule has 1 aromatic carbocycles. The third-order valence-electron chi connectivity index (χ3n) is 2.13. The monoisotopic (exact) mass is 259 g/mol. The van der Waals surface area contributed by atoms with E-state index in [9.17, 15) is 9.59 Å². The lowest BCUT2D eigenvalue weighted by molar-refractivity contribution is -0.126. The lowest BCUT2D eigenvalue weighted by Gasteiger charge is -2.04. The van der Waals surface area contributed by atoms with Gasteiger partial charge >= 0.3 is 0 Å². The van der Waals surface area contributed by atoms with Crippen molar-refractivity contribution in [2.24, 2.45) is 0 Å². The van der Waals surface area contributed by atoms with Crippen LogP contribution in [0, 0.1) is 11.3 Å². The molecule has 0 aromatic heterocycles. The Balaban J connectivity index is 2.74. The van der Waals surface area contributed by atoms with Gasteiger partial charge < -0.3 is 10.1 Å². The third-order valence-corrected chi connectivity index (χ3v) is 2.13. The van der Waals surface area contributed by atoms with Gasteiger partial charge in [0.25, 0.3) is 5.91 Å². The van der Waals surface area contributed by atoms with Crippen LogP contribution in [0.15, 0.2) is 36.0 Å². The van der Waals surface area contributed by atoms with Gasteiger partial charge in [-0.2, -0.15) is 5.26 Å². The van der Waals surface area contributed by atoms with E-state index in [1.54, 1.807) is 37.4 Å². The topological polar surface area (TPSA) is 91.2 Å². The van der Waals surface area contributed by atoms with Crippen LogP contribution in [0.5, 0.6) is 5.75 Å². The zero-order chi connectivity index (χ0) is 14.3. The van der Waals surface area contributed by atoms with E-state index in [0.29, 0.717) is 11.4 Å². The maximum atomic E-state index is 11.4. The Labute approximate surface area is 110 Å². The van der Waals surface area contributed by atoms with Crippen LogP contribution >= 0.6 is 0 Å². The van der Waals surface area contributed by atoms with Gasteiger partial charge in [-0.05, 0) is 24.3 Å². The highest BCUT2D eigenvalue weighted by molar-refractivity contribution is 6.06. The number of amides is 2. The Bertz CT molecular complexity index is 541. The SMILES string of the molecule is COc1ccc(NC=C(C#N)C(=O)NC(C)=O)cc1. The van der Waals surface area contributed by atoms with Crippen molar-refractivity contribution in [3.63, 3.8) is 0 Å². The summed E-state index contributed by atoms with van der Waals surface area (Å²) in [4.78, 5) is 22.1. The van der Waals surface area contributed by atoms with E-state index in [1.807, 2.05) is 5.32 Å². The summed E-state index contributed by atoms with van der Waals surface area (Å²) in [5.74, 6) is -0.559. The van der Waals surface area contributed by atoms with Gasteiger partial charge in [0.15, 0.2) is 0 Å². The molecule has 0 fully saturated rings. The summed E-state index contributed by atoms with van der Waals surface area (Å²) in [7, 11) is 1.56. The molecular formula is C13H13N3O3. The number of rotatable bonds is 4. The van der Waals surface area contributed by atoms with Gasteiger partial charge in [-0.25, -0.2) is 0 Å². The number of benzene rings is 1. The molecule has 1 rings (SSSR count). The molecule has 1 aromatic rings.